The van der Waals surface area contributed by atoms with Crippen molar-refractivity contribution in [1.29, 1.82) is 0 Å². The van der Waals surface area contributed by atoms with E-state index in [2.05, 4.69) is 20.8 Å². The van der Waals surface area contributed by atoms with E-state index in [0.717, 1.165) is 38.1 Å². The van der Waals surface area contributed by atoms with Crippen LogP contribution in [0.3, 0.4) is 0 Å². The molecule has 0 radical (unpaired) electrons. The third kappa shape index (κ3) is 3.74. The van der Waals surface area contributed by atoms with Gasteiger partial charge in [0.1, 0.15) is 10.7 Å². The largest absolute Gasteiger partial charge is 0.398 e. The Bertz CT molecular complexity index is 618. The average molecular weight is 380 g/mol. The monoisotopic (exact) mass is 379 g/mol. The number of hydrogen-bond acceptors (Lipinski definition) is 4. The fourth-order valence-corrected chi connectivity index (χ4v) is 3.87. The van der Waals surface area contributed by atoms with E-state index in [9.17, 15) is 12.8 Å². The topological polar surface area (TPSA) is 66.6 Å². The standard InChI is InChI=1S/C13H19BrFN3O2S/c1-17(6-7-18-4-2-3-5-18)21(19,20)13-9-12(16)10(14)8-11(13)15/h8-9H,2-7,16H2,1H3. The number of anilines is 1. The maximum absolute atomic E-state index is 13.9. The minimum Gasteiger partial charge on any atom is -0.398 e. The molecule has 0 bridgehead atoms. The molecule has 0 aliphatic carbocycles. The summed E-state index contributed by atoms with van der Waals surface area (Å²) in [6.45, 7) is 2.97. The van der Waals surface area contributed by atoms with E-state index in [0.29, 0.717) is 17.6 Å². The lowest BCUT2D eigenvalue weighted by Crippen LogP contribution is -2.35. The highest BCUT2D eigenvalue weighted by Crippen LogP contribution is 2.27. The molecule has 0 spiro atoms. The molecule has 1 fully saturated rings. The predicted octanol–water partition coefficient (Wildman–Crippen LogP) is 1.89. The van der Waals surface area contributed by atoms with E-state index in [1.165, 1.54) is 11.4 Å². The molecule has 5 nitrogen and oxygen atoms in total. The Morgan fingerprint density at radius 1 is 1.38 bits per heavy atom. The third-order valence-electron chi connectivity index (χ3n) is 3.67. The van der Waals surface area contributed by atoms with Gasteiger partial charge < -0.3 is 10.6 Å². The van der Waals surface area contributed by atoms with Crippen LogP contribution in [0.5, 0.6) is 0 Å². The second-order valence-corrected chi connectivity index (χ2v) is 8.05. The number of nitrogen functional groups attached to an aromatic ring is 1. The quantitative estimate of drug-likeness (QED) is 0.793. The lowest BCUT2D eigenvalue weighted by molar-refractivity contribution is 0.309. The highest BCUT2D eigenvalue weighted by Gasteiger charge is 2.26. The van der Waals surface area contributed by atoms with Gasteiger partial charge in [0.15, 0.2) is 0 Å². The fraction of sp³-hybridized carbons (Fsp3) is 0.538. The summed E-state index contributed by atoms with van der Waals surface area (Å²) in [5.74, 6) is -0.802. The number of sulfonamides is 1. The molecule has 2 rings (SSSR count). The molecular formula is C13H19BrFN3O2S. The summed E-state index contributed by atoms with van der Waals surface area (Å²) in [5.41, 5.74) is 5.85. The van der Waals surface area contributed by atoms with Gasteiger partial charge in [0.25, 0.3) is 0 Å². The lowest BCUT2D eigenvalue weighted by atomic mass is 10.3. The zero-order valence-corrected chi connectivity index (χ0v) is 14.3. The molecule has 1 aliphatic rings. The van der Waals surface area contributed by atoms with Crippen molar-refractivity contribution in [3.8, 4) is 0 Å². The van der Waals surface area contributed by atoms with E-state index >= 15 is 0 Å². The van der Waals surface area contributed by atoms with Crippen molar-refractivity contribution in [2.75, 3.05) is 39.0 Å². The fourth-order valence-electron chi connectivity index (χ4n) is 2.32. The number of likely N-dealkylation sites (tertiary alicyclic amines) is 1. The zero-order valence-electron chi connectivity index (χ0n) is 11.8. The Hall–Kier alpha value is -0.700. The van der Waals surface area contributed by atoms with Crippen molar-refractivity contribution in [1.82, 2.24) is 9.21 Å². The van der Waals surface area contributed by atoms with Crippen LogP contribution < -0.4 is 5.73 Å². The highest BCUT2D eigenvalue weighted by atomic mass is 79.9. The molecular weight excluding hydrogens is 361 g/mol. The molecule has 0 amide bonds. The SMILES string of the molecule is CN(CCN1CCCC1)S(=O)(=O)c1cc(N)c(Br)cc1F. The number of rotatable bonds is 5. The van der Waals surface area contributed by atoms with Gasteiger partial charge in [0, 0.05) is 30.3 Å². The molecule has 0 atom stereocenters. The first-order valence-corrected chi connectivity index (χ1v) is 8.99. The number of likely N-dealkylation sites (N-methyl/N-ethyl adjacent to an activating group) is 1. The maximum Gasteiger partial charge on any atom is 0.245 e. The van der Waals surface area contributed by atoms with Crippen molar-refractivity contribution >= 4 is 31.6 Å². The Balaban J connectivity index is 2.14. The van der Waals surface area contributed by atoms with Crippen LogP contribution in [0.25, 0.3) is 0 Å². The van der Waals surface area contributed by atoms with Crippen molar-refractivity contribution in [3.63, 3.8) is 0 Å². The first kappa shape index (κ1) is 16.7. The summed E-state index contributed by atoms with van der Waals surface area (Å²) in [7, 11) is -2.41. The first-order chi connectivity index (χ1) is 9.82. The van der Waals surface area contributed by atoms with Crippen LogP contribution in [-0.2, 0) is 10.0 Å². The lowest BCUT2D eigenvalue weighted by Gasteiger charge is -2.21. The minimum atomic E-state index is -3.87. The van der Waals surface area contributed by atoms with Crippen molar-refractivity contribution in [3.05, 3.63) is 22.4 Å². The van der Waals surface area contributed by atoms with Crippen molar-refractivity contribution in [2.24, 2.45) is 0 Å². The first-order valence-electron chi connectivity index (χ1n) is 6.75. The Morgan fingerprint density at radius 3 is 2.62 bits per heavy atom. The molecule has 1 aromatic rings. The van der Waals surface area contributed by atoms with Gasteiger partial charge in [-0.25, -0.2) is 12.8 Å². The molecule has 1 heterocycles. The van der Waals surface area contributed by atoms with Gasteiger partial charge in [-0.1, -0.05) is 0 Å². The van der Waals surface area contributed by atoms with Crippen LogP contribution in [-0.4, -0.2) is 50.8 Å². The van der Waals surface area contributed by atoms with Gasteiger partial charge >= 0.3 is 0 Å². The predicted molar refractivity (Wildman–Crippen MR) is 84.0 cm³/mol. The number of hydrogen-bond donors (Lipinski definition) is 1. The number of nitrogens with zero attached hydrogens (tertiary/aromatic N) is 2. The Kier molecular flexibility index (Phi) is 5.24. The van der Waals surface area contributed by atoms with Gasteiger partial charge in [0.05, 0.1) is 0 Å². The molecule has 8 heteroatoms. The van der Waals surface area contributed by atoms with E-state index in [1.807, 2.05) is 0 Å². The summed E-state index contributed by atoms with van der Waals surface area (Å²) in [6.07, 6.45) is 2.29. The summed E-state index contributed by atoms with van der Waals surface area (Å²) in [6, 6.07) is 2.23. The van der Waals surface area contributed by atoms with Gasteiger partial charge in [0.2, 0.25) is 10.0 Å². The Morgan fingerprint density at radius 2 is 2.00 bits per heavy atom. The molecule has 1 aliphatic heterocycles. The second-order valence-electron chi connectivity index (χ2n) is 5.18. The van der Waals surface area contributed by atoms with Gasteiger partial charge in [-0.15, -0.1) is 0 Å². The Labute approximate surface area is 133 Å². The van der Waals surface area contributed by atoms with Crippen LogP contribution in [0.2, 0.25) is 0 Å². The third-order valence-corrected chi connectivity index (χ3v) is 6.23. The number of halogens is 2. The van der Waals surface area contributed by atoms with Gasteiger partial charge in [-0.05, 0) is 54.0 Å². The number of benzene rings is 1. The molecule has 0 unspecified atom stereocenters. The molecule has 0 aromatic heterocycles. The minimum absolute atomic E-state index is 0.197. The van der Waals surface area contributed by atoms with Gasteiger partial charge in [-0.2, -0.15) is 4.31 Å². The molecule has 2 N–H and O–H groups in total. The average Bonchev–Trinajstić information content (AvgIpc) is 2.93. The molecule has 118 valence electrons. The highest BCUT2D eigenvalue weighted by molar-refractivity contribution is 9.10. The molecule has 1 aromatic carbocycles. The maximum atomic E-state index is 13.9. The summed E-state index contributed by atoms with van der Waals surface area (Å²) < 4.78 is 40.3. The van der Waals surface area contributed by atoms with Crippen LogP contribution in [0.1, 0.15) is 12.8 Å². The van der Waals surface area contributed by atoms with Gasteiger partial charge in [-0.3, -0.25) is 0 Å². The molecule has 1 saturated heterocycles. The van der Waals surface area contributed by atoms with E-state index < -0.39 is 15.8 Å². The van der Waals surface area contributed by atoms with Crippen LogP contribution in [0.15, 0.2) is 21.5 Å². The van der Waals surface area contributed by atoms with Crippen molar-refractivity contribution < 1.29 is 12.8 Å². The second kappa shape index (κ2) is 6.60. The normalized spacial score (nSPS) is 16.8. The zero-order chi connectivity index (χ0) is 15.6. The van der Waals surface area contributed by atoms with Crippen LogP contribution >= 0.6 is 15.9 Å². The summed E-state index contributed by atoms with van der Waals surface area (Å²) >= 11 is 3.08. The van der Waals surface area contributed by atoms with E-state index in [1.54, 1.807) is 0 Å². The van der Waals surface area contributed by atoms with Crippen LogP contribution in [0.4, 0.5) is 10.1 Å². The van der Waals surface area contributed by atoms with Crippen molar-refractivity contribution in [2.45, 2.75) is 17.7 Å². The molecule has 21 heavy (non-hydrogen) atoms. The number of nitrogens with two attached hydrogens (primary N) is 1. The smallest absolute Gasteiger partial charge is 0.245 e. The molecule has 0 saturated carbocycles. The van der Waals surface area contributed by atoms with Crippen LogP contribution in [0, 0.1) is 5.82 Å². The summed E-state index contributed by atoms with van der Waals surface area (Å²) in [5, 5.41) is 0. The van der Waals surface area contributed by atoms with E-state index in [-0.39, 0.29) is 10.6 Å². The summed E-state index contributed by atoms with van der Waals surface area (Å²) in [4.78, 5) is 1.82. The van der Waals surface area contributed by atoms with E-state index in [4.69, 9.17) is 5.73 Å².